The van der Waals surface area contributed by atoms with Gasteiger partial charge in [-0.25, -0.2) is 0 Å². The lowest BCUT2D eigenvalue weighted by Gasteiger charge is -2.23. The van der Waals surface area contributed by atoms with Gasteiger partial charge in [0.1, 0.15) is 17.6 Å². The van der Waals surface area contributed by atoms with E-state index in [1.165, 1.54) is 32.4 Å². The zero-order chi connectivity index (χ0) is 19.8. The molecule has 0 aliphatic carbocycles. The van der Waals surface area contributed by atoms with E-state index in [4.69, 9.17) is 19.3 Å². The van der Waals surface area contributed by atoms with Crippen molar-refractivity contribution in [1.29, 1.82) is 0 Å². The van der Waals surface area contributed by atoms with Gasteiger partial charge in [0.15, 0.2) is 17.6 Å². The molecular weight excluding hydrogens is 352 g/mol. The summed E-state index contributed by atoms with van der Waals surface area (Å²) >= 11 is 0. The van der Waals surface area contributed by atoms with E-state index in [-0.39, 0.29) is 18.1 Å². The molecule has 0 aliphatic rings. The van der Waals surface area contributed by atoms with Gasteiger partial charge in [0.2, 0.25) is 0 Å². The van der Waals surface area contributed by atoms with E-state index < -0.39 is 18.8 Å². The second-order valence-electron chi connectivity index (χ2n) is 5.74. The van der Waals surface area contributed by atoms with Gasteiger partial charge in [-0.3, -0.25) is 0 Å². The van der Waals surface area contributed by atoms with Crippen LogP contribution in [-0.2, 0) is 0 Å². The number of hydrogen-bond acceptors (Lipinski definition) is 7. The molecule has 2 rings (SSSR count). The molecule has 0 bridgehead atoms. The maximum atomic E-state index is 10.6. The quantitative estimate of drug-likeness (QED) is 0.529. The summed E-state index contributed by atoms with van der Waals surface area (Å²) in [4.78, 5) is 0. The Morgan fingerprint density at radius 1 is 1.00 bits per heavy atom. The molecule has 7 nitrogen and oxygen atoms in total. The van der Waals surface area contributed by atoms with Crippen molar-refractivity contribution >= 4 is 6.08 Å². The molecule has 0 fully saturated rings. The highest BCUT2D eigenvalue weighted by Gasteiger charge is 2.23. The lowest BCUT2D eigenvalue weighted by Crippen LogP contribution is -2.29. The average molecular weight is 376 g/mol. The van der Waals surface area contributed by atoms with Crippen LogP contribution in [0.3, 0.4) is 0 Å². The van der Waals surface area contributed by atoms with Crippen LogP contribution in [0.1, 0.15) is 17.2 Å². The smallest absolute Gasteiger partial charge is 0.160 e. The first-order chi connectivity index (χ1) is 13.0. The van der Waals surface area contributed by atoms with Crippen molar-refractivity contribution in [2.75, 3.05) is 27.4 Å². The average Bonchev–Trinajstić information content (AvgIpc) is 2.70. The number of hydrogen-bond donors (Lipinski definition) is 4. The molecule has 2 unspecified atom stereocenters. The largest absolute Gasteiger partial charge is 0.504 e. The molecule has 2 atom stereocenters. The van der Waals surface area contributed by atoms with Crippen LogP contribution < -0.4 is 14.2 Å². The van der Waals surface area contributed by atoms with Crippen molar-refractivity contribution in [3.05, 3.63) is 53.6 Å². The Kier molecular flexibility index (Phi) is 7.48. The molecule has 0 saturated carbocycles. The monoisotopic (exact) mass is 376 g/mol. The highest BCUT2D eigenvalue weighted by Crippen LogP contribution is 2.32. The lowest BCUT2D eigenvalue weighted by atomic mass is 10.0. The third kappa shape index (κ3) is 5.37. The van der Waals surface area contributed by atoms with Gasteiger partial charge >= 0.3 is 0 Å². The Morgan fingerprint density at radius 3 is 2.37 bits per heavy atom. The highest BCUT2D eigenvalue weighted by atomic mass is 16.5. The molecule has 0 spiro atoms. The predicted molar refractivity (Wildman–Crippen MR) is 100 cm³/mol. The van der Waals surface area contributed by atoms with Gasteiger partial charge in [0.25, 0.3) is 0 Å². The van der Waals surface area contributed by atoms with Gasteiger partial charge in [-0.15, -0.1) is 0 Å². The highest BCUT2D eigenvalue weighted by molar-refractivity contribution is 5.55. The van der Waals surface area contributed by atoms with Gasteiger partial charge in [0.05, 0.1) is 27.4 Å². The van der Waals surface area contributed by atoms with Gasteiger partial charge in [-0.1, -0.05) is 18.2 Å². The van der Waals surface area contributed by atoms with Crippen molar-refractivity contribution < 1.29 is 34.6 Å². The Bertz CT molecular complexity index is 773. The number of rotatable bonds is 9. The minimum atomic E-state index is -1.16. The molecule has 0 aliphatic heterocycles. The van der Waals surface area contributed by atoms with Crippen molar-refractivity contribution in [3.8, 4) is 23.0 Å². The fraction of sp³-hybridized carbons (Fsp3) is 0.300. The topological polar surface area (TPSA) is 109 Å². The van der Waals surface area contributed by atoms with E-state index in [2.05, 4.69) is 0 Å². The second kappa shape index (κ2) is 9.82. The van der Waals surface area contributed by atoms with E-state index in [0.29, 0.717) is 17.1 Å². The molecule has 27 heavy (non-hydrogen) atoms. The van der Waals surface area contributed by atoms with Gasteiger partial charge < -0.3 is 34.6 Å². The predicted octanol–water partition coefficient (Wildman–Crippen LogP) is 1.89. The number of phenols is 1. The van der Waals surface area contributed by atoms with Crippen LogP contribution in [0.2, 0.25) is 0 Å². The summed E-state index contributed by atoms with van der Waals surface area (Å²) in [6.45, 7) is -0.544. The minimum Gasteiger partial charge on any atom is -0.504 e. The van der Waals surface area contributed by atoms with Crippen LogP contribution in [0.25, 0.3) is 6.08 Å². The van der Waals surface area contributed by atoms with E-state index in [1.54, 1.807) is 30.4 Å². The molecule has 7 heteroatoms. The zero-order valence-corrected chi connectivity index (χ0v) is 15.2. The molecule has 0 aromatic heterocycles. The zero-order valence-electron chi connectivity index (χ0n) is 15.2. The number of aliphatic hydroxyl groups excluding tert-OH is 3. The molecule has 0 saturated heterocycles. The molecule has 4 N–H and O–H groups in total. The lowest BCUT2D eigenvalue weighted by molar-refractivity contribution is 0.000562. The number of aliphatic hydroxyl groups is 3. The Hall–Kier alpha value is -2.74. The normalized spacial score (nSPS) is 13.4. The summed E-state index contributed by atoms with van der Waals surface area (Å²) in [7, 11) is 2.92. The van der Waals surface area contributed by atoms with E-state index in [9.17, 15) is 15.3 Å². The summed E-state index contributed by atoms with van der Waals surface area (Å²) in [5.74, 6) is 1.07. The number of benzene rings is 2. The van der Waals surface area contributed by atoms with Crippen LogP contribution in [0, 0.1) is 0 Å². The Labute approximate surface area is 157 Å². The molecule has 0 amide bonds. The SMILES string of the molecule is COc1cc(C=CCO)cc(OC(CO)C(O)c2ccc(O)c(OC)c2)c1. The third-order valence-electron chi connectivity index (χ3n) is 3.92. The van der Waals surface area contributed by atoms with Crippen LogP contribution in [0.5, 0.6) is 23.0 Å². The summed E-state index contributed by atoms with van der Waals surface area (Å²) in [6.07, 6.45) is 1.15. The number of phenolic OH excluding ortho intramolecular Hbond substituents is 1. The van der Waals surface area contributed by atoms with Crippen LogP contribution >= 0.6 is 0 Å². The molecular formula is C20H24O7. The van der Waals surface area contributed by atoms with Crippen molar-refractivity contribution in [2.45, 2.75) is 12.2 Å². The molecule has 0 radical (unpaired) electrons. The Balaban J connectivity index is 2.26. The van der Waals surface area contributed by atoms with Gasteiger partial charge in [-0.2, -0.15) is 0 Å². The van der Waals surface area contributed by atoms with Crippen LogP contribution in [-0.4, -0.2) is 54.0 Å². The van der Waals surface area contributed by atoms with E-state index in [0.717, 1.165) is 5.56 Å². The van der Waals surface area contributed by atoms with Crippen LogP contribution in [0.15, 0.2) is 42.5 Å². The maximum absolute atomic E-state index is 10.6. The summed E-state index contributed by atoms with van der Waals surface area (Å²) in [5, 5.41) is 38.9. The first-order valence-electron chi connectivity index (χ1n) is 8.31. The van der Waals surface area contributed by atoms with E-state index >= 15 is 0 Å². The summed E-state index contributed by atoms with van der Waals surface area (Å²) in [5.41, 5.74) is 1.16. The van der Waals surface area contributed by atoms with Crippen molar-refractivity contribution in [1.82, 2.24) is 0 Å². The number of methoxy groups -OCH3 is 2. The maximum Gasteiger partial charge on any atom is 0.160 e. The first kappa shape index (κ1) is 20.6. The fourth-order valence-electron chi connectivity index (χ4n) is 2.53. The van der Waals surface area contributed by atoms with Crippen molar-refractivity contribution in [2.24, 2.45) is 0 Å². The molecule has 0 heterocycles. The summed E-state index contributed by atoms with van der Waals surface area (Å²) < 4.78 is 16.0. The Morgan fingerprint density at radius 2 is 1.74 bits per heavy atom. The van der Waals surface area contributed by atoms with Gasteiger partial charge in [0, 0.05) is 6.07 Å². The number of ether oxygens (including phenoxy) is 3. The fourth-order valence-corrected chi connectivity index (χ4v) is 2.53. The van der Waals surface area contributed by atoms with Gasteiger partial charge in [-0.05, 0) is 35.4 Å². The third-order valence-corrected chi connectivity index (χ3v) is 3.92. The summed E-state index contributed by atoms with van der Waals surface area (Å²) in [6, 6.07) is 9.48. The van der Waals surface area contributed by atoms with Crippen molar-refractivity contribution in [3.63, 3.8) is 0 Å². The second-order valence-corrected chi connectivity index (χ2v) is 5.74. The van der Waals surface area contributed by atoms with E-state index in [1.807, 2.05) is 0 Å². The minimum absolute atomic E-state index is 0.0528. The number of aromatic hydroxyl groups is 1. The first-order valence-corrected chi connectivity index (χ1v) is 8.31. The molecule has 2 aromatic carbocycles. The molecule has 146 valence electrons. The standard InChI is InChI=1S/C20H24O7/c1-25-15-8-13(4-3-7-21)9-16(11-15)27-19(12-22)20(24)14-5-6-17(23)18(10-14)26-2/h3-6,8-11,19-24H,7,12H2,1-2H3. The molecule has 2 aromatic rings. The van der Waals surface area contributed by atoms with Crippen LogP contribution in [0.4, 0.5) is 0 Å².